The molecule has 0 aliphatic heterocycles. The molecule has 0 aromatic heterocycles. The fourth-order valence-electron chi connectivity index (χ4n) is 0.364. The first-order valence-electron chi connectivity index (χ1n) is 2.74. The van der Waals surface area contributed by atoms with Crippen LogP contribution in [0.3, 0.4) is 0 Å². The molecule has 0 aromatic carbocycles. The summed E-state index contributed by atoms with van der Waals surface area (Å²) >= 11 is 0. The maximum absolute atomic E-state index is 10.5. The molecule has 0 fully saturated rings. The van der Waals surface area contributed by atoms with Crippen molar-refractivity contribution in [3.05, 3.63) is 0 Å². The van der Waals surface area contributed by atoms with Crippen molar-refractivity contribution in [2.75, 3.05) is 13.2 Å². The van der Waals surface area contributed by atoms with Crippen LogP contribution in [0.5, 0.6) is 0 Å². The van der Waals surface area contributed by atoms with E-state index in [1.165, 1.54) is 0 Å². The van der Waals surface area contributed by atoms with Crippen LogP contribution in [-0.4, -0.2) is 18.1 Å². The monoisotopic (exact) mass is 199 g/mol. The Hall–Kier alpha value is 0.980. The van der Waals surface area contributed by atoms with Gasteiger partial charge in [-0.05, 0) is 13.8 Å². The molecule has 1 N–H and O–H groups in total. The molecule has 4 nitrogen and oxygen atoms in total. The van der Waals surface area contributed by atoms with Crippen LogP contribution in [0.1, 0.15) is 13.8 Å². The van der Waals surface area contributed by atoms with Gasteiger partial charge in [0.15, 0.2) is 0 Å². The first-order valence-corrected chi connectivity index (χ1v) is 4.23. The van der Waals surface area contributed by atoms with Crippen LogP contribution < -0.4 is 0 Å². The van der Waals surface area contributed by atoms with E-state index in [9.17, 15) is 4.57 Å². The molecule has 0 amide bonds. The summed E-state index contributed by atoms with van der Waals surface area (Å²) < 4.78 is 19.2. The topological polar surface area (TPSA) is 55.8 Å². The second kappa shape index (κ2) is 6.68. The Morgan fingerprint density at radius 1 is 1.30 bits per heavy atom. The predicted molar refractivity (Wildman–Crippen MR) is 33.1 cm³/mol. The van der Waals surface area contributed by atoms with Crippen molar-refractivity contribution in [2.24, 2.45) is 0 Å². The number of phosphoric acid groups is 1. The molecule has 1 radical (unpaired) electrons. The molecule has 0 heterocycles. The predicted octanol–water partition coefficient (Wildman–Crippen LogP) is 1.16. The van der Waals surface area contributed by atoms with Crippen molar-refractivity contribution in [3.8, 4) is 0 Å². The maximum atomic E-state index is 10.5. The fourth-order valence-corrected chi connectivity index (χ4v) is 1.09. The minimum absolute atomic E-state index is 0. The molecule has 0 rings (SSSR count). The first kappa shape index (κ1) is 13.6. The Bertz CT molecular complexity index is 108. The SMILES string of the molecule is CCOP(=O)(O)OCC.[Sc]. The summed E-state index contributed by atoms with van der Waals surface area (Å²) in [5, 5.41) is 0. The summed E-state index contributed by atoms with van der Waals surface area (Å²) in [4.78, 5) is 8.63. The van der Waals surface area contributed by atoms with Crippen molar-refractivity contribution in [2.45, 2.75) is 13.8 Å². The molecule has 0 bridgehead atoms. The van der Waals surface area contributed by atoms with Gasteiger partial charge in [-0.2, -0.15) is 0 Å². The zero-order chi connectivity index (χ0) is 7.33. The minimum Gasteiger partial charge on any atom is -0.302 e. The van der Waals surface area contributed by atoms with Gasteiger partial charge in [0.05, 0.1) is 13.2 Å². The summed E-state index contributed by atoms with van der Waals surface area (Å²) in [7, 11) is -3.69. The molecular weight excluding hydrogens is 188 g/mol. The molecule has 0 atom stereocenters. The summed E-state index contributed by atoms with van der Waals surface area (Å²) in [5.41, 5.74) is 0. The molecule has 59 valence electrons. The summed E-state index contributed by atoms with van der Waals surface area (Å²) in [5.74, 6) is 0. The van der Waals surface area contributed by atoms with Gasteiger partial charge in [0.2, 0.25) is 0 Å². The van der Waals surface area contributed by atoms with E-state index in [4.69, 9.17) is 4.89 Å². The molecule has 0 saturated heterocycles. The van der Waals surface area contributed by atoms with Crippen LogP contribution in [0.25, 0.3) is 0 Å². The van der Waals surface area contributed by atoms with Crippen LogP contribution >= 0.6 is 7.82 Å². The molecule has 0 aliphatic rings. The van der Waals surface area contributed by atoms with E-state index in [0.717, 1.165) is 0 Å². The average Bonchev–Trinajstić information content (AvgIpc) is 1.64. The van der Waals surface area contributed by atoms with E-state index < -0.39 is 7.82 Å². The Morgan fingerprint density at radius 2 is 1.60 bits per heavy atom. The Balaban J connectivity index is 0. The zero-order valence-electron chi connectivity index (χ0n) is 6.11. The zero-order valence-corrected chi connectivity index (χ0v) is 8.81. The van der Waals surface area contributed by atoms with Crippen LogP contribution in [0, 0.1) is 0 Å². The molecule has 0 saturated carbocycles. The van der Waals surface area contributed by atoms with Crippen molar-refractivity contribution in [1.82, 2.24) is 0 Å². The molecule has 6 heteroatoms. The van der Waals surface area contributed by atoms with E-state index in [2.05, 4.69) is 9.05 Å². The molecule has 10 heavy (non-hydrogen) atoms. The van der Waals surface area contributed by atoms with Gasteiger partial charge in [0.1, 0.15) is 0 Å². The molecule has 0 aromatic rings. The second-order valence-electron chi connectivity index (χ2n) is 1.30. The molecule has 0 unspecified atom stereocenters. The van der Waals surface area contributed by atoms with Gasteiger partial charge in [0.25, 0.3) is 0 Å². The molecule has 0 spiro atoms. The minimum atomic E-state index is -3.69. The Morgan fingerprint density at radius 3 is 1.80 bits per heavy atom. The molecule has 0 aliphatic carbocycles. The van der Waals surface area contributed by atoms with Crippen LogP contribution in [0.15, 0.2) is 0 Å². The quantitative estimate of drug-likeness (QED) is 0.690. The van der Waals surface area contributed by atoms with Gasteiger partial charge in [-0.1, -0.05) is 0 Å². The largest absolute Gasteiger partial charge is 0.472 e. The fraction of sp³-hybridized carbons (Fsp3) is 1.00. The summed E-state index contributed by atoms with van der Waals surface area (Å²) in [6.45, 7) is 3.63. The van der Waals surface area contributed by atoms with Gasteiger partial charge < -0.3 is 4.89 Å². The smallest absolute Gasteiger partial charge is 0.302 e. The third-order valence-electron chi connectivity index (χ3n) is 0.584. The molecular formula is C4H11O4PSc. The number of hydrogen-bond donors (Lipinski definition) is 1. The second-order valence-corrected chi connectivity index (χ2v) is 2.76. The van der Waals surface area contributed by atoms with Crippen molar-refractivity contribution in [1.29, 1.82) is 0 Å². The number of phosphoric ester groups is 1. The van der Waals surface area contributed by atoms with Crippen molar-refractivity contribution in [3.63, 3.8) is 0 Å². The average molecular weight is 199 g/mol. The Kier molecular flexibility index (Phi) is 9.05. The van der Waals surface area contributed by atoms with Gasteiger partial charge in [0, 0.05) is 25.8 Å². The van der Waals surface area contributed by atoms with E-state index in [1.54, 1.807) is 13.8 Å². The van der Waals surface area contributed by atoms with Crippen LogP contribution in [-0.2, 0) is 39.5 Å². The van der Waals surface area contributed by atoms with Crippen LogP contribution in [0.4, 0.5) is 0 Å². The maximum Gasteiger partial charge on any atom is 0.472 e. The number of rotatable bonds is 4. The van der Waals surface area contributed by atoms with Crippen molar-refractivity contribution >= 4 is 7.82 Å². The van der Waals surface area contributed by atoms with E-state index in [0.29, 0.717) is 0 Å². The first-order chi connectivity index (χ1) is 4.12. The van der Waals surface area contributed by atoms with E-state index >= 15 is 0 Å². The summed E-state index contributed by atoms with van der Waals surface area (Å²) in [6.07, 6.45) is 0. The van der Waals surface area contributed by atoms with Crippen molar-refractivity contribution < 1.29 is 44.3 Å². The summed E-state index contributed by atoms with van der Waals surface area (Å²) in [6, 6.07) is 0. The van der Waals surface area contributed by atoms with E-state index in [-0.39, 0.29) is 39.1 Å². The van der Waals surface area contributed by atoms with Crippen LogP contribution in [0.2, 0.25) is 0 Å². The third kappa shape index (κ3) is 7.09. The van der Waals surface area contributed by atoms with Gasteiger partial charge in [-0.15, -0.1) is 0 Å². The van der Waals surface area contributed by atoms with Gasteiger partial charge in [-0.25, -0.2) is 4.57 Å². The van der Waals surface area contributed by atoms with Gasteiger partial charge in [-0.3, -0.25) is 9.05 Å². The van der Waals surface area contributed by atoms with E-state index in [1.807, 2.05) is 0 Å². The number of hydrogen-bond acceptors (Lipinski definition) is 3. The standard InChI is InChI=1S/C4H11O4P.Sc/c1-3-7-9(5,6)8-4-2;/h3-4H2,1-2H3,(H,5,6);. The Labute approximate surface area is 79.3 Å². The normalized spacial score (nSPS) is 10.7. The third-order valence-corrected chi connectivity index (χ3v) is 1.75. The van der Waals surface area contributed by atoms with Gasteiger partial charge >= 0.3 is 7.82 Å².